The smallest absolute Gasteiger partial charge is 0.282 e. The summed E-state index contributed by atoms with van der Waals surface area (Å²) in [5.74, 6) is -0.802. The summed E-state index contributed by atoms with van der Waals surface area (Å²) in [6, 6.07) is 5.17. The molecule has 0 aliphatic rings. The number of carbonyl (C=O) groups excluding carboxylic acids is 1. The molecule has 8 nitrogen and oxygen atoms in total. The number of aryl methyl sites for hydroxylation is 1. The summed E-state index contributed by atoms with van der Waals surface area (Å²) in [7, 11) is 1.79. The van der Waals surface area contributed by atoms with Gasteiger partial charge in [-0.1, -0.05) is 0 Å². The lowest BCUT2D eigenvalue weighted by atomic mass is 10.1. The Morgan fingerprint density at radius 2 is 2.24 bits per heavy atom. The monoisotopic (exact) mass is 290 g/mol. The van der Waals surface area contributed by atoms with E-state index in [2.05, 4.69) is 10.4 Å². The van der Waals surface area contributed by atoms with Gasteiger partial charge in [0.05, 0.1) is 10.6 Å². The number of hydrogen-bond donors (Lipinski definition) is 2. The van der Waals surface area contributed by atoms with Gasteiger partial charge in [-0.05, 0) is 18.2 Å². The van der Waals surface area contributed by atoms with E-state index in [4.69, 9.17) is 0 Å². The first kappa shape index (κ1) is 14.5. The van der Waals surface area contributed by atoms with Crippen molar-refractivity contribution < 1.29 is 14.8 Å². The summed E-state index contributed by atoms with van der Waals surface area (Å²) >= 11 is 0. The van der Waals surface area contributed by atoms with Gasteiger partial charge in [0, 0.05) is 32.3 Å². The molecule has 2 N–H and O–H groups in total. The van der Waals surface area contributed by atoms with Gasteiger partial charge < -0.3 is 10.4 Å². The van der Waals surface area contributed by atoms with Crippen LogP contribution in [0.5, 0.6) is 5.75 Å². The van der Waals surface area contributed by atoms with E-state index in [0.29, 0.717) is 13.0 Å². The first-order chi connectivity index (χ1) is 9.97. The molecule has 8 heteroatoms. The summed E-state index contributed by atoms with van der Waals surface area (Å²) in [5.41, 5.74) is 0.298. The molecule has 0 saturated carbocycles. The van der Waals surface area contributed by atoms with E-state index in [1.807, 2.05) is 6.07 Å². The average Bonchev–Trinajstić information content (AvgIpc) is 2.84. The van der Waals surface area contributed by atoms with Crippen LogP contribution >= 0.6 is 0 Å². The lowest BCUT2D eigenvalue weighted by Gasteiger charge is -2.05. The Morgan fingerprint density at radius 1 is 1.48 bits per heavy atom. The topological polar surface area (TPSA) is 110 Å². The normalized spacial score (nSPS) is 10.3. The maximum atomic E-state index is 12.0. The Morgan fingerprint density at radius 3 is 2.86 bits per heavy atom. The lowest BCUT2D eigenvalue weighted by molar-refractivity contribution is -0.385. The van der Waals surface area contributed by atoms with Crippen LogP contribution < -0.4 is 5.32 Å². The number of phenolic OH excluding ortho intramolecular Hbond substituents is 1. The molecule has 0 aliphatic carbocycles. The van der Waals surface area contributed by atoms with Crippen molar-refractivity contribution in [1.82, 2.24) is 15.1 Å². The summed E-state index contributed by atoms with van der Waals surface area (Å²) < 4.78 is 1.65. The zero-order valence-corrected chi connectivity index (χ0v) is 11.3. The standard InChI is InChI=1S/C13H14N4O4/c1-16-7-5-9(15-16)4-6-14-13(19)11-8-10(18)2-3-12(11)17(20)21/h2-3,5,7-8,18H,4,6H2,1H3,(H,14,19). The Hall–Kier alpha value is -2.90. The number of benzene rings is 1. The van der Waals surface area contributed by atoms with E-state index in [1.54, 1.807) is 17.9 Å². The molecule has 0 spiro atoms. The van der Waals surface area contributed by atoms with Crippen molar-refractivity contribution >= 4 is 11.6 Å². The number of nitro benzene ring substituents is 1. The largest absolute Gasteiger partial charge is 0.508 e. The van der Waals surface area contributed by atoms with E-state index < -0.39 is 10.8 Å². The highest BCUT2D eigenvalue weighted by molar-refractivity contribution is 5.98. The maximum Gasteiger partial charge on any atom is 0.282 e. The van der Waals surface area contributed by atoms with Gasteiger partial charge in [0.25, 0.3) is 11.6 Å². The number of aromatic nitrogens is 2. The molecular weight excluding hydrogens is 276 g/mol. The molecule has 110 valence electrons. The minimum atomic E-state index is -0.660. The summed E-state index contributed by atoms with van der Waals surface area (Å²) in [6.07, 6.45) is 2.30. The molecule has 0 unspecified atom stereocenters. The van der Waals surface area contributed by atoms with Crippen LogP contribution in [0.15, 0.2) is 30.5 Å². The molecule has 2 rings (SSSR count). The molecule has 0 fully saturated rings. The predicted octanol–water partition coefficient (Wildman–Crippen LogP) is 1.01. The van der Waals surface area contributed by atoms with E-state index >= 15 is 0 Å². The number of hydrogen-bond acceptors (Lipinski definition) is 5. The highest BCUT2D eigenvalue weighted by atomic mass is 16.6. The first-order valence-corrected chi connectivity index (χ1v) is 6.21. The quantitative estimate of drug-likeness (QED) is 0.630. The molecule has 2 aromatic rings. The number of nitrogens with one attached hydrogen (secondary N) is 1. The number of phenols is 1. The number of carbonyl (C=O) groups is 1. The second-order valence-electron chi connectivity index (χ2n) is 4.45. The summed E-state index contributed by atoms with van der Waals surface area (Å²) in [5, 5.41) is 27.0. The fourth-order valence-corrected chi connectivity index (χ4v) is 1.86. The molecular formula is C13H14N4O4. The van der Waals surface area contributed by atoms with Crippen LogP contribution in [-0.4, -0.2) is 32.3 Å². The Balaban J connectivity index is 2.03. The van der Waals surface area contributed by atoms with Crippen LogP contribution in [0.1, 0.15) is 16.1 Å². The van der Waals surface area contributed by atoms with Crippen LogP contribution in [0.25, 0.3) is 0 Å². The summed E-state index contributed by atoms with van der Waals surface area (Å²) in [6.45, 7) is 0.294. The van der Waals surface area contributed by atoms with Gasteiger partial charge in [-0.25, -0.2) is 0 Å². The molecule has 0 saturated heterocycles. The molecule has 0 aliphatic heterocycles. The van der Waals surface area contributed by atoms with Gasteiger partial charge in [-0.2, -0.15) is 5.10 Å². The van der Waals surface area contributed by atoms with E-state index in [0.717, 1.165) is 17.8 Å². The Kier molecular flexibility index (Phi) is 4.17. The average molecular weight is 290 g/mol. The zero-order chi connectivity index (χ0) is 15.4. The van der Waals surface area contributed by atoms with E-state index in [-0.39, 0.29) is 17.0 Å². The van der Waals surface area contributed by atoms with Gasteiger partial charge in [0.2, 0.25) is 0 Å². The molecule has 0 bridgehead atoms. The lowest BCUT2D eigenvalue weighted by Crippen LogP contribution is -2.26. The van der Waals surface area contributed by atoms with Gasteiger partial charge in [0.15, 0.2) is 0 Å². The number of aromatic hydroxyl groups is 1. The summed E-state index contributed by atoms with van der Waals surface area (Å²) in [4.78, 5) is 22.2. The highest BCUT2D eigenvalue weighted by Crippen LogP contribution is 2.23. The van der Waals surface area contributed by atoms with Crippen molar-refractivity contribution in [2.45, 2.75) is 6.42 Å². The van der Waals surface area contributed by atoms with E-state index in [9.17, 15) is 20.0 Å². The van der Waals surface area contributed by atoms with Gasteiger partial charge >= 0.3 is 0 Å². The first-order valence-electron chi connectivity index (χ1n) is 6.21. The molecule has 1 amide bonds. The van der Waals surface area contributed by atoms with Gasteiger partial charge in [0.1, 0.15) is 11.3 Å². The van der Waals surface area contributed by atoms with Crippen molar-refractivity contribution in [1.29, 1.82) is 0 Å². The second-order valence-corrected chi connectivity index (χ2v) is 4.45. The van der Waals surface area contributed by atoms with Gasteiger partial charge in [-0.15, -0.1) is 0 Å². The van der Waals surface area contributed by atoms with Crippen molar-refractivity contribution in [2.75, 3.05) is 6.54 Å². The number of rotatable bonds is 5. The zero-order valence-electron chi connectivity index (χ0n) is 11.3. The van der Waals surface area contributed by atoms with E-state index in [1.165, 1.54) is 6.07 Å². The third kappa shape index (κ3) is 3.56. The highest BCUT2D eigenvalue weighted by Gasteiger charge is 2.20. The van der Waals surface area contributed by atoms with Crippen LogP contribution in [-0.2, 0) is 13.5 Å². The van der Waals surface area contributed by atoms with Crippen LogP contribution in [0.4, 0.5) is 5.69 Å². The molecule has 1 heterocycles. The molecule has 1 aromatic heterocycles. The SMILES string of the molecule is Cn1ccc(CCNC(=O)c2cc(O)ccc2[N+](=O)[O-])n1. The van der Waals surface area contributed by atoms with Crippen LogP contribution in [0.3, 0.4) is 0 Å². The Bertz CT molecular complexity index is 681. The van der Waals surface area contributed by atoms with Crippen LogP contribution in [0.2, 0.25) is 0 Å². The predicted molar refractivity (Wildman–Crippen MR) is 74.0 cm³/mol. The van der Waals surface area contributed by atoms with Crippen molar-refractivity contribution in [2.24, 2.45) is 7.05 Å². The second kappa shape index (κ2) is 6.04. The minimum Gasteiger partial charge on any atom is -0.508 e. The van der Waals surface area contributed by atoms with Crippen molar-refractivity contribution in [3.8, 4) is 5.75 Å². The van der Waals surface area contributed by atoms with Crippen LogP contribution in [0, 0.1) is 10.1 Å². The molecule has 0 atom stereocenters. The number of nitro groups is 1. The third-order valence-electron chi connectivity index (χ3n) is 2.86. The van der Waals surface area contributed by atoms with Gasteiger partial charge in [-0.3, -0.25) is 19.6 Å². The Labute approximate surface area is 120 Å². The van der Waals surface area contributed by atoms with Crippen molar-refractivity contribution in [3.63, 3.8) is 0 Å². The maximum absolute atomic E-state index is 12.0. The van der Waals surface area contributed by atoms with Crippen molar-refractivity contribution in [3.05, 3.63) is 51.8 Å². The number of nitrogens with zero attached hydrogens (tertiary/aromatic N) is 3. The fourth-order valence-electron chi connectivity index (χ4n) is 1.86. The fraction of sp³-hybridized carbons (Fsp3) is 0.231. The molecule has 21 heavy (non-hydrogen) atoms. The minimum absolute atomic E-state index is 0.166. The molecule has 1 aromatic carbocycles. The number of amides is 1. The third-order valence-corrected chi connectivity index (χ3v) is 2.86. The molecule has 0 radical (unpaired) electrons.